The topological polar surface area (TPSA) is 90.2 Å². The molecule has 0 aromatic rings. The predicted octanol–water partition coefficient (Wildman–Crippen LogP) is 2.60. The van der Waals surface area contributed by atoms with E-state index < -0.39 is 86.8 Å². The van der Waals surface area contributed by atoms with E-state index in [-0.39, 0.29) is 0 Å². The van der Waals surface area contributed by atoms with E-state index in [4.69, 9.17) is 10.2 Å². The van der Waals surface area contributed by atoms with E-state index in [0.29, 0.717) is 0 Å². The fourth-order valence-corrected chi connectivity index (χ4v) is 2.02. The number of rotatable bonds is 13. The Labute approximate surface area is 170 Å². The summed E-state index contributed by atoms with van der Waals surface area (Å²) < 4.78 is 172. The number of hydrogen-bond acceptors (Lipinski definition) is 5. The van der Waals surface area contributed by atoms with Crippen molar-refractivity contribution in [3.8, 4) is 0 Å². The molecule has 0 unspecified atom stereocenters. The van der Waals surface area contributed by atoms with Gasteiger partial charge in [-0.3, -0.25) is 0 Å². The smallest absolute Gasteiger partial charge is 0.394 e. The van der Waals surface area contributed by atoms with Crippen LogP contribution in [-0.2, 0) is 4.74 Å². The van der Waals surface area contributed by atoms with Crippen LogP contribution in [0.2, 0.25) is 0 Å². The van der Waals surface area contributed by atoms with Crippen molar-refractivity contribution in [2.45, 2.75) is 66.9 Å². The molecule has 0 aromatic heterocycles. The van der Waals surface area contributed by atoms with Gasteiger partial charge in [0.25, 0.3) is 0 Å². The zero-order chi connectivity index (χ0) is 26.0. The van der Waals surface area contributed by atoms with Crippen molar-refractivity contribution in [2.24, 2.45) is 0 Å². The van der Waals surface area contributed by atoms with Gasteiger partial charge in [-0.1, -0.05) is 0 Å². The zero-order valence-corrected chi connectivity index (χ0v) is 15.4. The lowest BCUT2D eigenvalue weighted by Gasteiger charge is -2.39. The Morgan fingerprint density at radius 3 is 1.47 bits per heavy atom. The SMILES string of the molecule is OC[C@@H](O)[C@H](O)[C@@H](O)COCCCC(F)(F)C(F)(F)C(F)(F)C(F)(F)C(F)(F)C(F)(F)F. The maximum Gasteiger partial charge on any atom is 0.460 e. The molecule has 5 nitrogen and oxygen atoms in total. The van der Waals surface area contributed by atoms with Gasteiger partial charge in [0, 0.05) is 13.0 Å². The molecule has 0 rings (SSSR count). The molecule has 0 aliphatic rings. The van der Waals surface area contributed by atoms with Gasteiger partial charge in [0.15, 0.2) is 0 Å². The van der Waals surface area contributed by atoms with Crippen molar-refractivity contribution >= 4 is 0 Å². The fraction of sp³-hybridized carbons (Fsp3) is 1.00. The van der Waals surface area contributed by atoms with E-state index >= 15 is 0 Å². The van der Waals surface area contributed by atoms with E-state index in [1.54, 1.807) is 0 Å². The first kappa shape index (κ1) is 30.9. The summed E-state index contributed by atoms with van der Waals surface area (Å²) in [5.74, 6) is -37.2. The molecule has 4 N–H and O–H groups in total. The third-order valence-electron chi connectivity index (χ3n) is 4.04. The van der Waals surface area contributed by atoms with E-state index in [9.17, 15) is 67.3 Å². The third-order valence-corrected chi connectivity index (χ3v) is 4.04. The first-order valence-corrected chi connectivity index (χ1v) is 8.21. The second kappa shape index (κ2) is 10.0. The van der Waals surface area contributed by atoms with Crippen LogP contribution in [0.4, 0.5) is 57.1 Å². The Bertz CT molecular complexity index is 596. The molecule has 0 saturated carbocycles. The van der Waals surface area contributed by atoms with Crippen molar-refractivity contribution < 1.29 is 82.2 Å². The summed E-state index contributed by atoms with van der Waals surface area (Å²) in [7, 11) is 0. The van der Waals surface area contributed by atoms with Gasteiger partial charge in [-0.2, -0.15) is 57.1 Å². The minimum absolute atomic E-state index is 0.994. The van der Waals surface area contributed by atoms with Crippen molar-refractivity contribution in [3.05, 3.63) is 0 Å². The van der Waals surface area contributed by atoms with Crippen molar-refractivity contribution in [2.75, 3.05) is 19.8 Å². The molecule has 0 aliphatic carbocycles. The quantitative estimate of drug-likeness (QED) is 0.225. The predicted molar refractivity (Wildman–Crippen MR) is 75.9 cm³/mol. The second-order valence-electron chi connectivity index (χ2n) is 6.49. The molecular weight excluding hydrogens is 495 g/mol. The number of ether oxygens (including phenoxy) is 1. The molecule has 194 valence electrons. The van der Waals surface area contributed by atoms with Crippen LogP contribution in [-0.4, -0.2) is 94.3 Å². The molecular formula is C14H17F13O5. The molecule has 0 spiro atoms. The Hall–Kier alpha value is -1.11. The third kappa shape index (κ3) is 5.68. The molecule has 0 bridgehead atoms. The summed E-state index contributed by atoms with van der Waals surface area (Å²) in [6, 6.07) is 0. The summed E-state index contributed by atoms with van der Waals surface area (Å²) in [5, 5.41) is 36.0. The fourth-order valence-electron chi connectivity index (χ4n) is 2.02. The Kier molecular flexibility index (Phi) is 9.68. The molecule has 0 heterocycles. The van der Waals surface area contributed by atoms with Crippen molar-refractivity contribution in [1.29, 1.82) is 0 Å². The molecule has 0 aromatic carbocycles. The lowest BCUT2D eigenvalue weighted by Crippen LogP contribution is -2.70. The molecule has 0 saturated heterocycles. The van der Waals surface area contributed by atoms with Crippen LogP contribution in [0.5, 0.6) is 0 Å². The highest BCUT2D eigenvalue weighted by molar-refractivity contribution is 5.10. The molecule has 3 atom stereocenters. The van der Waals surface area contributed by atoms with Crippen LogP contribution in [0.15, 0.2) is 0 Å². The average molecular weight is 512 g/mol. The van der Waals surface area contributed by atoms with E-state index in [1.807, 2.05) is 0 Å². The highest BCUT2D eigenvalue weighted by Gasteiger charge is 2.90. The average Bonchev–Trinajstić information content (AvgIpc) is 2.64. The second-order valence-corrected chi connectivity index (χ2v) is 6.49. The lowest BCUT2D eigenvalue weighted by molar-refractivity contribution is -0.440. The van der Waals surface area contributed by atoms with Gasteiger partial charge in [-0.15, -0.1) is 0 Å². The van der Waals surface area contributed by atoms with Crippen LogP contribution in [0.3, 0.4) is 0 Å². The maximum absolute atomic E-state index is 13.5. The number of alkyl halides is 13. The summed E-state index contributed by atoms with van der Waals surface area (Å²) in [6.45, 7) is -3.14. The van der Waals surface area contributed by atoms with E-state index in [0.717, 1.165) is 0 Å². The molecule has 32 heavy (non-hydrogen) atoms. The normalized spacial score (nSPS) is 17.9. The molecule has 0 radical (unpaired) electrons. The minimum atomic E-state index is -7.96. The van der Waals surface area contributed by atoms with Gasteiger partial charge in [-0.25, -0.2) is 0 Å². The van der Waals surface area contributed by atoms with Crippen LogP contribution < -0.4 is 0 Å². The highest BCUT2D eigenvalue weighted by atomic mass is 19.4. The molecule has 0 aliphatic heterocycles. The lowest BCUT2D eigenvalue weighted by atomic mass is 9.92. The first-order chi connectivity index (χ1) is 14.0. The van der Waals surface area contributed by atoms with Gasteiger partial charge in [0.2, 0.25) is 0 Å². The number of aliphatic hydroxyl groups excluding tert-OH is 4. The highest BCUT2D eigenvalue weighted by Crippen LogP contribution is 2.60. The van der Waals surface area contributed by atoms with Gasteiger partial charge >= 0.3 is 35.8 Å². The van der Waals surface area contributed by atoms with Gasteiger partial charge < -0.3 is 25.2 Å². The van der Waals surface area contributed by atoms with Crippen molar-refractivity contribution in [1.82, 2.24) is 0 Å². The first-order valence-electron chi connectivity index (χ1n) is 8.21. The van der Waals surface area contributed by atoms with E-state index in [1.165, 1.54) is 0 Å². The van der Waals surface area contributed by atoms with Crippen LogP contribution in [0.25, 0.3) is 0 Å². The molecule has 0 amide bonds. The summed E-state index contributed by atoms with van der Waals surface area (Å²) in [4.78, 5) is 0. The molecule has 18 heteroatoms. The number of halogens is 13. The summed E-state index contributed by atoms with van der Waals surface area (Å²) >= 11 is 0. The molecule has 0 fully saturated rings. The van der Waals surface area contributed by atoms with Gasteiger partial charge in [0.05, 0.1) is 13.2 Å². The Morgan fingerprint density at radius 2 is 1.06 bits per heavy atom. The van der Waals surface area contributed by atoms with Crippen LogP contribution >= 0.6 is 0 Å². The number of aliphatic hydroxyl groups is 4. The monoisotopic (exact) mass is 512 g/mol. The van der Waals surface area contributed by atoms with Gasteiger partial charge in [0.1, 0.15) is 18.3 Å². The van der Waals surface area contributed by atoms with Gasteiger partial charge in [-0.05, 0) is 6.42 Å². The van der Waals surface area contributed by atoms with Crippen LogP contribution in [0.1, 0.15) is 12.8 Å². The van der Waals surface area contributed by atoms with Crippen molar-refractivity contribution in [3.63, 3.8) is 0 Å². The summed E-state index contributed by atoms with van der Waals surface area (Å²) in [5.41, 5.74) is 0. The van der Waals surface area contributed by atoms with Crippen LogP contribution in [0, 0.1) is 0 Å². The maximum atomic E-state index is 13.5. The number of hydrogen-bond donors (Lipinski definition) is 4. The van der Waals surface area contributed by atoms with E-state index in [2.05, 4.69) is 4.74 Å². The standard InChI is InChI=1S/C14H17F13O5/c15-9(16,2-1-3-32-5-7(30)8(31)6(29)4-28)10(17,18)11(19,20)12(21,22)13(23,24)14(25,26)27/h6-8,28-31H,1-5H2/t6-,7+,8+/m1/s1. The minimum Gasteiger partial charge on any atom is -0.394 e. The Balaban J connectivity index is 5.25. The largest absolute Gasteiger partial charge is 0.460 e. The summed E-state index contributed by atoms with van der Waals surface area (Å²) in [6.07, 6.45) is -17.2. The Morgan fingerprint density at radius 1 is 0.625 bits per heavy atom. The zero-order valence-electron chi connectivity index (χ0n) is 15.4.